The molecule has 4 aromatic rings. The third-order valence-electron chi connectivity index (χ3n) is 6.67. The van der Waals surface area contributed by atoms with Gasteiger partial charge in [0.2, 0.25) is 0 Å². The van der Waals surface area contributed by atoms with E-state index in [4.69, 9.17) is 21.0 Å². The fraction of sp³-hybridized carbons (Fsp3) is 0.267. The summed E-state index contributed by atoms with van der Waals surface area (Å²) in [5.74, 6) is 1.09. The van der Waals surface area contributed by atoms with Crippen LogP contribution in [0.25, 0.3) is 0 Å². The summed E-state index contributed by atoms with van der Waals surface area (Å²) in [6.45, 7) is 6.89. The summed E-state index contributed by atoms with van der Waals surface area (Å²) in [5.41, 5.74) is 2.73. The van der Waals surface area contributed by atoms with E-state index >= 15 is 0 Å². The highest BCUT2D eigenvalue weighted by Gasteiger charge is 2.33. The Morgan fingerprint density at radius 3 is 2.59 bits per heavy atom. The Morgan fingerprint density at radius 1 is 1.11 bits per heavy atom. The molecular formula is C30H29ClN2O2S2. The van der Waals surface area contributed by atoms with Crippen LogP contribution in [-0.2, 0) is 12.8 Å². The molecule has 1 amide bonds. The standard InChI is InChI=1S/C30H29ClN2O2S2/c1-30(2,3)19-9-15-24-25(17-19)37-29(27(24)28(34)33-21-12-10-20(31)11-13-21)32-18-22-14-16-26(35-22)36-23-7-5-4-6-8-23/h4-8,10-14,16,18-19H,9,15,17H2,1-3H3,(H,33,34)/t19-/m1/s1. The van der Waals surface area contributed by atoms with Crippen LogP contribution in [0.15, 0.2) is 86.1 Å². The van der Waals surface area contributed by atoms with Gasteiger partial charge in [0.25, 0.3) is 5.91 Å². The van der Waals surface area contributed by atoms with E-state index in [1.165, 1.54) is 4.88 Å². The molecule has 0 spiro atoms. The van der Waals surface area contributed by atoms with Gasteiger partial charge in [-0.2, -0.15) is 0 Å². The van der Waals surface area contributed by atoms with Gasteiger partial charge in [-0.15, -0.1) is 11.3 Å². The number of rotatable bonds is 6. The van der Waals surface area contributed by atoms with E-state index in [1.54, 1.807) is 41.4 Å². The van der Waals surface area contributed by atoms with Crippen LogP contribution in [0.1, 0.15) is 53.8 Å². The lowest BCUT2D eigenvalue weighted by atomic mass is 9.72. The zero-order valence-electron chi connectivity index (χ0n) is 21.1. The quantitative estimate of drug-likeness (QED) is 0.244. The minimum atomic E-state index is -0.138. The van der Waals surface area contributed by atoms with Gasteiger partial charge in [-0.1, -0.05) is 62.3 Å². The summed E-state index contributed by atoms with van der Waals surface area (Å²) in [6, 6.07) is 21.1. The van der Waals surface area contributed by atoms with Crippen molar-refractivity contribution in [3.63, 3.8) is 0 Å². The molecule has 37 heavy (non-hydrogen) atoms. The molecule has 0 fully saturated rings. The summed E-state index contributed by atoms with van der Waals surface area (Å²) in [7, 11) is 0. The number of amides is 1. The summed E-state index contributed by atoms with van der Waals surface area (Å²) in [6.07, 6.45) is 4.63. The van der Waals surface area contributed by atoms with Crippen LogP contribution in [0.3, 0.4) is 0 Å². The average molecular weight is 549 g/mol. The SMILES string of the molecule is CC(C)(C)[C@@H]1CCc2c(sc(N=Cc3ccc(Sc4ccccc4)o3)c2C(=O)Nc2ccc(Cl)cc2)C1. The van der Waals surface area contributed by atoms with Gasteiger partial charge in [-0.05, 0) is 84.7 Å². The fourth-order valence-electron chi connectivity index (χ4n) is 4.55. The Labute approximate surface area is 231 Å². The fourth-order valence-corrected chi connectivity index (χ4v) is 6.74. The minimum Gasteiger partial charge on any atom is -0.449 e. The van der Waals surface area contributed by atoms with Gasteiger partial charge in [-0.3, -0.25) is 4.79 Å². The molecule has 0 radical (unpaired) electrons. The molecule has 0 saturated carbocycles. The second-order valence-corrected chi connectivity index (χ2v) is 12.9. The molecule has 190 valence electrons. The van der Waals surface area contributed by atoms with E-state index in [-0.39, 0.29) is 11.3 Å². The van der Waals surface area contributed by atoms with E-state index in [0.717, 1.165) is 39.8 Å². The molecule has 2 heterocycles. The number of carbonyl (C=O) groups excluding carboxylic acids is 1. The van der Waals surface area contributed by atoms with Crippen molar-refractivity contribution in [1.29, 1.82) is 0 Å². The number of hydrogen-bond donors (Lipinski definition) is 1. The zero-order valence-corrected chi connectivity index (χ0v) is 23.5. The zero-order chi connectivity index (χ0) is 26.0. The van der Waals surface area contributed by atoms with Crippen molar-refractivity contribution in [3.8, 4) is 0 Å². The number of nitrogens with zero attached hydrogens (tertiary/aromatic N) is 1. The number of anilines is 1. The third kappa shape index (κ3) is 6.20. The smallest absolute Gasteiger partial charge is 0.259 e. The summed E-state index contributed by atoms with van der Waals surface area (Å²) in [5, 5.41) is 5.19. The van der Waals surface area contributed by atoms with Crippen LogP contribution in [0, 0.1) is 11.3 Å². The summed E-state index contributed by atoms with van der Waals surface area (Å²) >= 11 is 9.21. The molecule has 1 aliphatic carbocycles. The number of nitrogens with one attached hydrogen (secondary N) is 1. The van der Waals surface area contributed by atoms with Crippen LogP contribution in [0.2, 0.25) is 5.02 Å². The highest BCUT2D eigenvalue weighted by atomic mass is 35.5. The molecular weight excluding hydrogens is 520 g/mol. The number of furan rings is 1. The molecule has 2 aromatic carbocycles. The van der Waals surface area contributed by atoms with Crippen molar-refractivity contribution in [2.75, 3.05) is 5.32 Å². The highest BCUT2D eigenvalue weighted by Crippen LogP contribution is 2.45. The molecule has 0 saturated heterocycles. The van der Waals surface area contributed by atoms with Gasteiger partial charge < -0.3 is 9.73 Å². The molecule has 1 N–H and O–H groups in total. The first-order chi connectivity index (χ1) is 17.8. The first-order valence-corrected chi connectivity index (χ1v) is 14.4. The van der Waals surface area contributed by atoms with Crippen LogP contribution >= 0.6 is 34.7 Å². The number of halogens is 1. The van der Waals surface area contributed by atoms with Crippen LogP contribution < -0.4 is 5.32 Å². The van der Waals surface area contributed by atoms with Crippen LogP contribution in [0.4, 0.5) is 10.7 Å². The average Bonchev–Trinajstić information content (AvgIpc) is 3.47. The number of benzene rings is 2. The first kappa shape index (κ1) is 25.8. The predicted molar refractivity (Wildman–Crippen MR) is 155 cm³/mol. The Morgan fingerprint density at radius 2 is 1.86 bits per heavy atom. The number of aliphatic imine (C=N–C) groups is 1. The second kappa shape index (κ2) is 10.9. The van der Waals surface area contributed by atoms with Crippen molar-refractivity contribution < 1.29 is 9.21 Å². The van der Waals surface area contributed by atoms with E-state index in [9.17, 15) is 4.79 Å². The Bertz CT molecular complexity index is 1420. The monoisotopic (exact) mass is 548 g/mol. The summed E-state index contributed by atoms with van der Waals surface area (Å²) < 4.78 is 5.99. The maximum atomic E-state index is 13.5. The topological polar surface area (TPSA) is 54.6 Å². The molecule has 0 unspecified atom stereocenters. The van der Waals surface area contributed by atoms with Crippen molar-refractivity contribution in [2.24, 2.45) is 16.3 Å². The maximum Gasteiger partial charge on any atom is 0.259 e. The molecule has 7 heteroatoms. The third-order valence-corrected chi connectivity index (χ3v) is 9.02. The molecule has 5 rings (SSSR count). The van der Waals surface area contributed by atoms with Gasteiger partial charge in [0.05, 0.1) is 11.8 Å². The Hall–Kier alpha value is -2.80. The van der Waals surface area contributed by atoms with Gasteiger partial charge in [0.1, 0.15) is 10.8 Å². The maximum absolute atomic E-state index is 13.5. The molecule has 0 aliphatic heterocycles. The van der Waals surface area contributed by atoms with E-state index < -0.39 is 0 Å². The summed E-state index contributed by atoms with van der Waals surface area (Å²) in [4.78, 5) is 20.7. The molecule has 1 aliphatic rings. The van der Waals surface area contributed by atoms with Crippen LogP contribution in [-0.4, -0.2) is 12.1 Å². The van der Waals surface area contributed by atoms with E-state index in [2.05, 4.69) is 26.1 Å². The van der Waals surface area contributed by atoms with Gasteiger partial charge in [0, 0.05) is 20.5 Å². The minimum absolute atomic E-state index is 0.138. The number of carbonyl (C=O) groups is 1. The second-order valence-electron chi connectivity index (χ2n) is 10.3. The van der Waals surface area contributed by atoms with Crippen molar-refractivity contribution in [3.05, 3.63) is 93.5 Å². The largest absolute Gasteiger partial charge is 0.449 e. The Kier molecular flexibility index (Phi) is 7.61. The van der Waals surface area contributed by atoms with Crippen LogP contribution in [0.5, 0.6) is 0 Å². The van der Waals surface area contributed by atoms with Gasteiger partial charge in [0.15, 0.2) is 5.09 Å². The predicted octanol–water partition coefficient (Wildman–Crippen LogP) is 9.30. The lowest BCUT2D eigenvalue weighted by Gasteiger charge is -2.33. The number of hydrogen-bond acceptors (Lipinski definition) is 5. The van der Waals surface area contributed by atoms with Gasteiger partial charge >= 0.3 is 0 Å². The van der Waals surface area contributed by atoms with Crippen molar-refractivity contribution in [1.82, 2.24) is 0 Å². The van der Waals surface area contributed by atoms with E-state index in [1.807, 2.05) is 54.6 Å². The number of thiophene rings is 1. The first-order valence-electron chi connectivity index (χ1n) is 12.3. The molecule has 2 aromatic heterocycles. The van der Waals surface area contributed by atoms with E-state index in [0.29, 0.717) is 28.0 Å². The molecule has 4 nitrogen and oxygen atoms in total. The van der Waals surface area contributed by atoms with Crippen molar-refractivity contribution in [2.45, 2.75) is 50.0 Å². The lowest BCUT2D eigenvalue weighted by molar-refractivity contribution is 0.102. The normalized spacial score (nSPS) is 15.6. The van der Waals surface area contributed by atoms with Gasteiger partial charge in [-0.25, -0.2) is 4.99 Å². The molecule has 1 atom stereocenters. The lowest BCUT2D eigenvalue weighted by Crippen LogP contribution is -2.27. The molecule has 0 bridgehead atoms. The Balaban J connectivity index is 1.42. The van der Waals surface area contributed by atoms with Crippen molar-refractivity contribution >= 4 is 57.5 Å². The number of fused-ring (bicyclic) bond motifs is 1. The highest BCUT2D eigenvalue weighted by molar-refractivity contribution is 7.99.